The number of aromatic nitrogens is 2. The lowest BCUT2D eigenvalue weighted by atomic mass is 10.1. The molecule has 100 valence electrons. The summed E-state index contributed by atoms with van der Waals surface area (Å²) in [5.41, 5.74) is 1.16. The molecule has 0 spiro atoms. The third-order valence-electron chi connectivity index (χ3n) is 2.95. The van der Waals surface area contributed by atoms with Gasteiger partial charge in [-0.15, -0.1) is 11.3 Å². The van der Waals surface area contributed by atoms with Crippen molar-refractivity contribution in [3.05, 3.63) is 23.5 Å². The van der Waals surface area contributed by atoms with Crippen molar-refractivity contribution in [2.24, 2.45) is 0 Å². The minimum atomic E-state index is 0.453. The van der Waals surface area contributed by atoms with E-state index >= 15 is 0 Å². The number of rotatable bonds is 8. The molecular weight excluding hydrogens is 246 g/mol. The fourth-order valence-corrected chi connectivity index (χ4v) is 2.73. The van der Waals surface area contributed by atoms with Crippen LogP contribution in [0.15, 0.2) is 17.8 Å². The van der Waals surface area contributed by atoms with E-state index in [0.717, 1.165) is 43.1 Å². The van der Waals surface area contributed by atoms with E-state index in [1.165, 1.54) is 0 Å². The van der Waals surface area contributed by atoms with Crippen LogP contribution in [0, 0.1) is 0 Å². The van der Waals surface area contributed by atoms with Gasteiger partial charge in [0.05, 0.1) is 5.69 Å². The average Bonchev–Trinajstić information content (AvgIpc) is 2.93. The molecule has 4 nitrogen and oxygen atoms in total. The van der Waals surface area contributed by atoms with E-state index in [9.17, 15) is 0 Å². The molecule has 1 unspecified atom stereocenters. The number of hydrogen-bond donors (Lipinski definition) is 1. The smallest absolute Gasteiger partial charge is 0.193 e. The minimum absolute atomic E-state index is 0.453. The number of methoxy groups -OCH3 is 1. The van der Waals surface area contributed by atoms with Gasteiger partial charge >= 0.3 is 0 Å². The lowest BCUT2D eigenvalue weighted by Gasteiger charge is -2.16. The third-order valence-corrected chi connectivity index (χ3v) is 3.72. The molecule has 0 saturated heterocycles. The van der Waals surface area contributed by atoms with E-state index < -0.39 is 0 Å². The van der Waals surface area contributed by atoms with E-state index in [1.54, 1.807) is 18.4 Å². The van der Waals surface area contributed by atoms with Gasteiger partial charge in [0, 0.05) is 44.0 Å². The molecule has 0 amide bonds. The van der Waals surface area contributed by atoms with Gasteiger partial charge in [0.2, 0.25) is 0 Å². The number of ether oxygens (including phenoxy) is 1. The zero-order valence-electron chi connectivity index (χ0n) is 11.1. The quantitative estimate of drug-likeness (QED) is 0.798. The van der Waals surface area contributed by atoms with Crippen LogP contribution in [-0.2, 0) is 11.2 Å². The summed E-state index contributed by atoms with van der Waals surface area (Å²) in [6, 6.07) is 0.453. The third kappa shape index (κ3) is 3.54. The molecule has 0 aliphatic carbocycles. The summed E-state index contributed by atoms with van der Waals surface area (Å²) in [7, 11) is 1.75. The summed E-state index contributed by atoms with van der Waals surface area (Å²) >= 11 is 1.68. The Morgan fingerprint density at radius 2 is 2.44 bits per heavy atom. The van der Waals surface area contributed by atoms with Gasteiger partial charge in [-0.3, -0.25) is 4.40 Å². The second-order valence-corrected chi connectivity index (χ2v) is 5.33. The zero-order chi connectivity index (χ0) is 12.8. The maximum absolute atomic E-state index is 5.17. The van der Waals surface area contributed by atoms with Gasteiger partial charge in [0.1, 0.15) is 0 Å². The lowest BCUT2D eigenvalue weighted by Crippen LogP contribution is -2.33. The van der Waals surface area contributed by atoms with Crippen molar-refractivity contribution in [3.8, 4) is 0 Å². The minimum Gasteiger partial charge on any atom is -0.385 e. The van der Waals surface area contributed by atoms with Gasteiger partial charge < -0.3 is 10.1 Å². The van der Waals surface area contributed by atoms with Crippen molar-refractivity contribution in [1.29, 1.82) is 0 Å². The molecule has 1 atom stereocenters. The zero-order valence-corrected chi connectivity index (χ0v) is 11.9. The van der Waals surface area contributed by atoms with Gasteiger partial charge in [0.15, 0.2) is 4.96 Å². The van der Waals surface area contributed by atoms with E-state index in [1.807, 2.05) is 0 Å². The molecule has 18 heavy (non-hydrogen) atoms. The predicted molar refractivity (Wildman–Crippen MR) is 75.3 cm³/mol. The van der Waals surface area contributed by atoms with Gasteiger partial charge in [-0.2, -0.15) is 0 Å². The summed E-state index contributed by atoms with van der Waals surface area (Å²) in [4.78, 5) is 5.70. The fraction of sp³-hybridized carbons (Fsp3) is 0.615. The standard InChI is InChI=1S/C13H21N3OS/c1-3-5-14-11(4-7-17-2)9-12-10-16-6-8-18-13(16)15-12/h6,8,10-11,14H,3-5,7,9H2,1-2H3. The van der Waals surface area contributed by atoms with Crippen molar-refractivity contribution in [3.63, 3.8) is 0 Å². The number of thiazole rings is 1. The van der Waals surface area contributed by atoms with Crippen LogP contribution < -0.4 is 5.32 Å². The van der Waals surface area contributed by atoms with E-state index in [-0.39, 0.29) is 0 Å². The van der Waals surface area contributed by atoms with Gasteiger partial charge in [0.25, 0.3) is 0 Å². The van der Waals surface area contributed by atoms with E-state index in [2.05, 4.69) is 39.4 Å². The SMILES string of the molecule is CCCNC(CCOC)Cc1cn2ccsc2n1. The number of nitrogens with zero attached hydrogens (tertiary/aromatic N) is 2. The molecular formula is C13H21N3OS. The summed E-state index contributed by atoms with van der Waals surface area (Å²) < 4.78 is 7.26. The maximum Gasteiger partial charge on any atom is 0.193 e. The second kappa shape index (κ2) is 6.87. The van der Waals surface area contributed by atoms with Crippen LogP contribution in [0.2, 0.25) is 0 Å². The van der Waals surface area contributed by atoms with E-state index in [4.69, 9.17) is 4.74 Å². The molecule has 2 rings (SSSR count). The first-order valence-electron chi connectivity index (χ1n) is 6.47. The summed E-state index contributed by atoms with van der Waals surface area (Å²) in [6.07, 6.45) is 7.33. The number of nitrogens with one attached hydrogen (secondary N) is 1. The molecule has 2 aromatic rings. The summed E-state index contributed by atoms with van der Waals surface area (Å²) in [6.45, 7) is 4.03. The Labute approximate surface area is 112 Å². The normalized spacial score (nSPS) is 13.2. The van der Waals surface area contributed by atoms with Crippen molar-refractivity contribution < 1.29 is 4.74 Å². The summed E-state index contributed by atoms with van der Waals surface area (Å²) in [5.74, 6) is 0. The highest BCUT2D eigenvalue weighted by Crippen LogP contribution is 2.13. The molecule has 2 aromatic heterocycles. The molecule has 0 aromatic carbocycles. The monoisotopic (exact) mass is 267 g/mol. The molecule has 0 aliphatic rings. The Morgan fingerprint density at radius 1 is 1.56 bits per heavy atom. The van der Waals surface area contributed by atoms with Crippen LogP contribution in [0.4, 0.5) is 0 Å². The highest BCUT2D eigenvalue weighted by atomic mass is 32.1. The molecule has 2 heterocycles. The number of fused-ring (bicyclic) bond motifs is 1. The second-order valence-electron chi connectivity index (χ2n) is 4.46. The lowest BCUT2D eigenvalue weighted by molar-refractivity contribution is 0.182. The molecule has 1 N–H and O–H groups in total. The van der Waals surface area contributed by atoms with Crippen molar-refractivity contribution in [2.75, 3.05) is 20.3 Å². The molecule has 0 bridgehead atoms. The average molecular weight is 267 g/mol. The number of imidazole rings is 1. The predicted octanol–water partition coefficient (Wildman–Crippen LogP) is 2.34. The first-order valence-corrected chi connectivity index (χ1v) is 7.35. The molecule has 0 radical (unpaired) electrons. The van der Waals surface area contributed by atoms with Gasteiger partial charge in [-0.05, 0) is 19.4 Å². The highest BCUT2D eigenvalue weighted by Gasteiger charge is 2.11. The first kappa shape index (κ1) is 13.5. The van der Waals surface area contributed by atoms with Crippen LogP contribution in [-0.4, -0.2) is 35.7 Å². The Hall–Kier alpha value is -0.910. The van der Waals surface area contributed by atoms with Gasteiger partial charge in [-0.25, -0.2) is 4.98 Å². The summed E-state index contributed by atoms with van der Waals surface area (Å²) in [5, 5.41) is 5.62. The van der Waals surface area contributed by atoms with Crippen LogP contribution in [0.3, 0.4) is 0 Å². The van der Waals surface area contributed by atoms with Crippen molar-refractivity contribution in [1.82, 2.24) is 14.7 Å². The Kier molecular flexibility index (Phi) is 5.16. The highest BCUT2D eigenvalue weighted by molar-refractivity contribution is 7.15. The molecule has 0 aliphatic heterocycles. The van der Waals surface area contributed by atoms with Crippen LogP contribution in [0.5, 0.6) is 0 Å². The molecule has 5 heteroatoms. The Balaban J connectivity index is 1.95. The fourth-order valence-electron chi connectivity index (χ4n) is 2.01. The largest absolute Gasteiger partial charge is 0.385 e. The van der Waals surface area contributed by atoms with E-state index in [0.29, 0.717) is 6.04 Å². The maximum atomic E-state index is 5.17. The number of hydrogen-bond acceptors (Lipinski definition) is 4. The van der Waals surface area contributed by atoms with Crippen molar-refractivity contribution in [2.45, 2.75) is 32.2 Å². The molecule has 0 saturated carbocycles. The van der Waals surface area contributed by atoms with Crippen LogP contribution >= 0.6 is 11.3 Å². The Morgan fingerprint density at radius 3 is 3.17 bits per heavy atom. The van der Waals surface area contributed by atoms with Gasteiger partial charge in [-0.1, -0.05) is 6.92 Å². The Bertz CT molecular complexity index is 429. The first-order chi connectivity index (χ1) is 8.83. The topological polar surface area (TPSA) is 38.6 Å². The van der Waals surface area contributed by atoms with Crippen LogP contribution in [0.25, 0.3) is 4.96 Å². The van der Waals surface area contributed by atoms with Crippen LogP contribution in [0.1, 0.15) is 25.5 Å². The molecule has 0 fully saturated rings. The van der Waals surface area contributed by atoms with Crippen molar-refractivity contribution >= 4 is 16.3 Å².